The standard InChI is InChI=1S/C11H5Br2Cl2NO2S/c12-5-4-8(19-10(5)13)18-11(17)16-7-3-1-2-6(14)9(7)15/h1-4H,(H,16,17). The molecule has 1 N–H and O–H groups in total. The van der Waals surface area contributed by atoms with Crippen LogP contribution in [0.3, 0.4) is 0 Å². The summed E-state index contributed by atoms with van der Waals surface area (Å²) in [5.74, 6) is 0. The summed E-state index contributed by atoms with van der Waals surface area (Å²) in [4.78, 5) is 11.7. The van der Waals surface area contributed by atoms with Crippen molar-refractivity contribution >= 4 is 78.2 Å². The zero-order valence-corrected chi connectivity index (χ0v) is 14.5. The van der Waals surface area contributed by atoms with Gasteiger partial charge in [0.05, 0.1) is 19.5 Å². The van der Waals surface area contributed by atoms with Crippen molar-refractivity contribution in [2.24, 2.45) is 0 Å². The Morgan fingerprint density at radius 2 is 2.05 bits per heavy atom. The molecule has 0 saturated carbocycles. The monoisotopic (exact) mass is 443 g/mol. The van der Waals surface area contributed by atoms with E-state index in [9.17, 15) is 4.79 Å². The number of rotatable bonds is 2. The molecule has 1 aromatic heterocycles. The maximum atomic E-state index is 11.7. The molecular formula is C11H5Br2Cl2NO2S. The summed E-state index contributed by atoms with van der Waals surface area (Å²) in [6.45, 7) is 0. The first-order valence-corrected chi connectivity index (χ1v) is 8.01. The number of ether oxygens (including phenoxy) is 1. The summed E-state index contributed by atoms with van der Waals surface area (Å²) in [7, 11) is 0. The zero-order chi connectivity index (χ0) is 14.0. The average molecular weight is 446 g/mol. The van der Waals surface area contributed by atoms with E-state index in [1.54, 1.807) is 24.3 Å². The normalized spacial score (nSPS) is 10.3. The van der Waals surface area contributed by atoms with Crippen LogP contribution in [0, 0.1) is 0 Å². The minimum Gasteiger partial charge on any atom is -0.399 e. The Balaban J connectivity index is 2.07. The molecule has 2 aromatic rings. The van der Waals surface area contributed by atoms with Crippen LogP contribution in [0.15, 0.2) is 32.5 Å². The molecular weight excluding hydrogens is 441 g/mol. The van der Waals surface area contributed by atoms with E-state index in [0.717, 1.165) is 8.26 Å². The Kier molecular flexibility index (Phi) is 5.14. The lowest BCUT2D eigenvalue weighted by atomic mass is 10.3. The molecule has 0 fully saturated rings. The smallest absolute Gasteiger partial charge is 0.399 e. The van der Waals surface area contributed by atoms with Gasteiger partial charge in [0.2, 0.25) is 0 Å². The van der Waals surface area contributed by atoms with Crippen molar-refractivity contribution in [3.8, 4) is 5.06 Å². The summed E-state index contributed by atoms with van der Waals surface area (Å²) in [6.07, 6.45) is -0.634. The van der Waals surface area contributed by atoms with E-state index in [0.29, 0.717) is 15.8 Å². The van der Waals surface area contributed by atoms with Crippen LogP contribution in [-0.2, 0) is 0 Å². The van der Waals surface area contributed by atoms with E-state index in [1.807, 2.05) is 0 Å². The highest BCUT2D eigenvalue weighted by atomic mass is 79.9. The van der Waals surface area contributed by atoms with E-state index >= 15 is 0 Å². The quantitative estimate of drug-likeness (QED) is 0.598. The second-order valence-electron chi connectivity index (χ2n) is 3.30. The first-order chi connectivity index (χ1) is 8.97. The Morgan fingerprint density at radius 3 is 2.68 bits per heavy atom. The predicted octanol–water partition coefficient (Wildman–Crippen LogP) is 6.19. The number of halogens is 4. The fourth-order valence-corrected chi connectivity index (χ4v) is 3.37. The van der Waals surface area contributed by atoms with E-state index in [2.05, 4.69) is 37.2 Å². The number of carbonyl (C=O) groups is 1. The summed E-state index contributed by atoms with van der Waals surface area (Å²) in [5, 5.41) is 3.61. The van der Waals surface area contributed by atoms with Crippen molar-refractivity contribution in [3.05, 3.63) is 42.6 Å². The highest BCUT2D eigenvalue weighted by Gasteiger charge is 2.12. The van der Waals surface area contributed by atoms with Crippen molar-refractivity contribution in [3.63, 3.8) is 0 Å². The lowest BCUT2D eigenvalue weighted by Gasteiger charge is -2.07. The molecule has 0 saturated heterocycles. The SMILES string of the molecule is O=C(Nc1cccc(Cl)c1Cl)Oc1cc(Br)c(Br)s1. The molecule has 3 nitrogen and oxygen atoms in total. The van der Waals surface area contributed by atoms with Crippen molar-refractivity contribution < 1.29 is 9.53 Å². The van der Waals surface area contributed by atoms with Gasteiger partial charge in [-0.15, -0.1) is 0 Å². The van der Waals surface area contributed by atoms with Crippen LogP contribution in [-0.4, -0.2) is 6.09 Å². The van der Waals surface area contributed by atoms with Crippen molar-refractivity contribution in [2.75, 3.05) is 5.32 Å². The zero-order valence-electron chi connectivity index (χ0n) is 9.05. The number of thiophene rings is 1. The number of amides is 1. The van der Waals surface area contributed by atoms with Gasteiger partial charge in [0.1, 0.15) is 0 Å². The van der Waals surface area contributed by atoms with Gasteiger partial charge in [0.25, 0.3) is 0 Å². The summed E-state index contributed by atoms with van der Waals surface area (Å²) < 4.78 is 6.79. The Hall–Kier alpha value is -0.270. The van der Waals surface area contributed by atoms with Crippen LogP contribution in [0.1, 0.15) is 0 Å². The fraction of sp³-hybridized carbons (Fsp3) is 0. The first-order valence-electron chi connectivity index (χ1n) is 4.85. The number of carbonyl (C=O) groups excluding carboxylic acids is 1. The van der Waals surface area contributed by atoms with Crippen LogP contribution >= 0.6 is 66.4 Å². The largest absolute Gasteiger partial charge is 0.417 e. The Bertz CT molecular complexity index is 614. The van der Waals surface area contributed by atoms with E-state index < -0.39 is 6.09 Å². The van der Waals surface area contributed by atoms with E-state index in [1.165, 1.54) is 11.3 Å². The summed E-state index contributed by atoms with van der Waals surface area (Å²) in [6, 6.07) is 6.64. The predicted molar refractivity (Wildman–Crippen MR) is 85.8 cm³/mol. The van der Waals surface area contributed by atoms with Gasteiger partial charge in [-0.3, -0.25) is 5.32 Å². The van der Waals surface area contributed by atoms with Gasteiger partial charge >= 0.3 is 6.09 Å². The van der Waals surface area contributed by atoms with Crippen molar-refractivity contribution in [1.82, 2.24) is 0 Å². The maximum absolute atomic E-state index is 11.7. The molecule has 1 amide bonds. The highest BCUT2D eigenvalue weighted by molar-refractivity contribution is 9.13. The molecule has 1 heterocycles. The van der Waals surface area contributed by atoms with Gasteiger partial charge in [-0.2, -0.15) is 0 Å². The molecule has 0 aliphatic carbocycles. The number of anilines is 1. The molecule has 1 aromatic carbocycles. The molecule has 0 unspecified atom stereocenters. The Labute approximate surface area is 140 Å². The van der Waals surface area contributed by atoms with Crippen LogP contribution in [0.4, 0.5) is 10.5 Å². The van der Waals surface area contributed by atoms with Crippen LogP contribution in [0.25, 0.3) is 0 Å². The minimum atomic E-state index is -0.634. The molecule has 0 atom stereocenters. The fourth-order valence-electron chi connectivity index (χ4n) is 1.20. The molecule has 19 heavy (non-hydrogen) atoms. The second kappa shape index (κ2) is 6.45. The molecule has 0 radical (unpaired) electrons. The topological polar surface area (TPSA) is 38.3 Å². The van der Waals surface area contributed by atoms with Gasteiger partial charge in [0, 0.05) is 10.5 Å². The van der Waals surface area contributed by atoms with Crippen molar-refractivity contribution in [2.45, 2.75) is 0 Å². The number of hydrogen-bond acceptors (Lipinski definition) is 3. The Morgan fingerprint density at radius 1 is 1.32 bits per heavy atom. The molecule has 8 heteroatoms. The number of benzene rings is 1. The van der Waals surface area contributed by atoms with Gasteiger partial charge in [-0.25, -0.2) is 4.79 Å². The molecule has 2 rings (SSSR count). The summed E-state index contributed by atoms with van der Waals surface area (Å²) >= 11 is 19.7. The first kappa shape index (κ1) is 15.1. The van der Waals surface area contributed by atoms with Crippen molar-refractivity contribution in [1.29, 1.82) is 0 Å². The lowest BCUT2D eigenvalue weighted by Crippen LogP contribution is -2.16. The number of hydrogen-bond donors (Lipinski definition) is 1. The average Bonchev–Trinajstić information content (AvgIpc) is 2.64. The third kappa shape index (κ3) is 3.86. The van der Waals surface area contributed by atoms with Gasteiger partial charge in [-0.05, 0) is 44.0 Å². The lowest BCUT2D eigenvalue weighted by molar-refractivity contribution is 0.216. The van der Waals surface area contributed by atoms with Crippen LogP contribution < -0.4 is 10.1 Å². The van der Waals surface area contributed by atoms with E-state index in [-0.39, 0.29) is 5.02 Å². The van der Waals surface area contributed by atoms with Gasteiger partial charge in [0.15, 0.2) is 5.06 Å². The van der Waals surface area contributed by atoms with Gasteiger partial charge in [-0.1, -0.05) is 40.6 Å². The minimum absolute atomic E-state index is 0.273. The highest BCUT2D eigenvalue weighted by Crippen LogP contribution is 2.37. The van der Waals surface area contributed by atoms with Crippen LogP contribution in [0.2, 0.25) is 10.0 Å². The van der Waals surface area contributed by atoms with Gasteiger partial charge < -0.3 is 4.74 Å². The summed E-state index contributed by atoms with van der Waals surface area (Å²) in [5.41, 5.74) is 0.397. The molecule has 0 spiro atoms. The molecule has 0 bridgehead atoms. The molecule has 0 aliphatic rings. The number of nitrogens with one attached hydrogen (secondary N) is 1. The molecule has 100 valence electrons. The van der Waals surface area contributed by atoms with E-state index in [4.69, 9.17) is 27.9 Å². The third-order valence-electron chi connectivity index (χ3n) is 2.00. The second-order valence-corrected chi connectivity index (χ2v) is 7.28. The third-order valence-corrected chi connectivity index (χ3v) is 5.96. The van der Waals surface area contributed by atoms with Crippen LogP contribution in [0.5, 0.6) is 5.06 Å². The molecule has 0 aliphatic heterocycles. The maximum Gasteiger partial charge on any atom is 0.417 e.